The van der Waals surface area contributed by atoms with Gasteiger partial charge in [-0.3, -0.25) is 19.1 Å². The maximum atomic E-state index is 13.3. The molecule has 1 aliphatic rings. The minimum absolute atomic E-state index is 0.00285. The Morgan fingerprint density at radius 3 is 2.16 bits per heavy atom. The van der Waals surface area contributed by atoms with Gasteiger partial charge < -0.3 is 30.0 Å². The first-order valence-electron chi connectivity index (χ1n) is 11.9. The van der Waals surface area contributed by atoms with E-state index in [0.717, 1.165) is 16.0 Å². The molecule has 38 heavy (non-hydrogen) atoms. The smallest absolute Gasteiger partial charge is 0.407 e. The summed E-state index contributed by atoms with van der Waals surface area (Å²) >= 11 is 0. The summed E-state index contributed by atoms with van der Waals surface area (Å²) < 4.78 is 11.8. The van der Waals surface area contributed by atoms with Gasteiger partial charge in [-0.1, -0.05) is 54.6 Å². The van der Waals surface area contributed by atoms with Crippen LogP contribution in [-0.4, -0.2) is 86.0 Å². The van der Waals surface area contributed by atoms with Crippen LogP contribution in [0.1, 0.15) is 10.5 Å². The molecule has 1 aromatic heterocycles. The summed E-state index contributed by atoms with van der Waals surface area (Å²) in [5.74, 6) is -1.46. The first kappa shape index (κ1) is 27.0. The summed E-state index contributed by atoms with van der Waals surface area (Å²) in [4.78, 5) is 63.5. The number of nitrogens with one attached hydrogen (secondary N) is 1. The van der Waals surface area contributed by atoms with Gasteiger partial charge in [-0.25, -0.2) is 4.79 Å². The Labute approximate surface area is 218 Å². The van der Waals surface area contributed by atoms with Crippen molar-refractivity contribution in [2.24, 2.45) is 0 Å². The van der Waals surface area contributed by atoms with E-state index in [-0.39, 0.29) is 31.9 Å². The van der Waals surface area contributed by atoms with Crippen molar-refractivity contribution in [2.45, 2.75) is 6.04 Å². The molecule has 0 spiro atoms. The second kappa shape index (κ2) is 11.6. The fourth-order valence-corrected chi connectivity index (χ4v) is 5.03. The molecule has 1 saturated heterocycles. The average molecular weight is 538 g/mol. The van der Waals surface area contributed by atoms with Crippen molar-refractivity contribution < 1.29 is 33.8 Å². The highest BCUT2D eigenvalue weighted by atomic mass is 31.2. The number of carboxylic acid groups (broad SMARTS) is 1. The lowest BCUT2D eigenvalue weighted by Gasteiger charge is -2.35. The van der Waals surface area contributed by atoms with Gasteiger partial charge >= 0.3 is 13.7 Å². The molecule has 1 atom stereocenters. The Kier molecular flexibility index (Phi) is 8.21. The van der Waals surface area contributed by atoms with E-state index < -0.39 is 37.7 Å². The summed E-state index contributed by atoms with van der Waals surface area (Å²) in [6.07, 6.45) is -0.594. The summed E-state index contributed by atoms with van der Waals surface area (Å²) in [6, 6.07) is 19.0. The SMILES string of the molecule is O=C(NC(CP(=O)(O)O)C(=O)N1CCN(C(=O)O)CC1)c1ncccc1-c1cccc(-c2ccccc2)c1. The normalized spacial score (nSPS) is 14.6. The standard InChI is InChI=1S/C26H27N4O7P/c31-24(28-22(17-38(35,36)37)25(32)29-12-14-30(15-13-29)26(33)34)23-21(10-5-11-27-23)20-9-4-8-19(16-20)18-6-2-1-3-7-18/h1-11,16,22H,12-15,17H2,(H,28,31)(H,33,34)(H2,35,36,37). The van der Waals surface area contributed by atoms with Gasteiger partial charge in [0.15, 0.2) is 0 Å². The van der Waals surface area contributed by atoms with Crippen LogP contribution in [0.2, 0.25) is 0 Å². The fourth-order valence-electron chi connectivity index (χ4n) is 4.30. The number of pyridine rings is 1. The second-order valence-corrected chi connectivity index (χ2v) is 10.5. The van der Waals surface area contributed by atoms with Gasteiger partial charge in [0.25, 0.3) is 5.91 Å². The summed E-state index contributed by atoms with van der Waals surface area (Å²) in [5.41, 5.74) is 3.09. The van der Waals surface area contributed by atoms with E-state index in [1.807, 2.05) is 54.6 Å². The third kappa shape index (κ3) is 6.63. The molecule has 12 heteroatoms. The molecule has 0 radical (unpaired) electrons. The number of hydrogen-bond acceptors (Lipinski definition) is 5. The Morgan fingerprint density at radius 2 is 1.50 bits per heavy atom. The zero-order valence-electron chi connectivity index (χ0n) is 20.3. The zero-order chi connectivity index (χ0) is 27.3. The number of piperazine rings is 1. The maximum Gasteiger partial charge on any atom is 0.407 e. The zero-order valence-corrected chi connectivity index (χ0v) is 21.2. The minimum Gasteiger partial charge on any atom is -0.465 e. The molecular formula is C26H27N4O7P. The van der Waals surface area contributed by atoms with Crippen LogP contribution in [0.4, 0.5) is 4.79 Å². The van der Waals surface area contributed by atoms with Gasteiger partial charge in [0, 0.05) is 37.9 Å². The van der Waals surface area contributed by atoms with E-state index in [2.05, 4.69) is 10.3 Å². The third-order valence-corrected chi connectivity index (χ3v) is 7.03. The average Bonchev–Trinajstić information content (AvgIpc) is 2.92. The summed E-state index contributed by atoms with van der Waals surface area (Å²) in [5, 5.41) is 11.6. The second-order valence-electron chi connectivity index (χ2n) is 8.81. The molecule has 198 valence electrons. The van der Waals surface area contributed by atoms with Crippen LogP contribution in [-0.2, 0) is 9.36 Å². The van der Waals surface area contributed by atoms with E-state index in [1.54, 1.807) is 12.1 Å². The van der Waals surface area contributed by atoms with Crippen LogP contribution in [0, 0.1) is 0 Å². The van der Waals surface area contributed by atoms with E-state index in [0.29, 0.717) is 11.1 Å². The number of amides is 3. The van der Waals surface area contributed by atoms with Gasteiger partial charge in [0.1, 0.15) is 11.7 Å². The van der Waals surface area contributed by atoms with E-state index in [4.69, 9.17) is 5.11 Å². The predicted octanol–water partition coefficient (Wildman–Crippen LogP) is 2.51. The molecule has 2 aromatic carbocycles. The predicted molar refractivity (Wildman–Crippen MR) is 139 cm³/mol. The molecular weight excluding hydrogens is 511 g/mol. The lowest BCUT2D eigenvalue weighted by Crippen LogP contribution is -2.56. The van der Waals surface area contributed by atoms with Gasteiger partial charge in [-0.05, 0) is 28.8 Å². The number of carbonyl (C=O) groups is 3. The topological polar surface area (TPSA) is 160 Å². The van der Waals surface area contributed by atoms with Crippen LogP contribution in [0.3, 0.4) is 0 Å². The number of aromatic nitrogens is 1. The molecule has 0 aliphatic carbocycles. The highest BCUT2D eigenvalue weighted by Gasteiger charge is 2.34. The van der Waals surface area contributed by atoms with E-state index in [9.17, 15) is 28.7 Å². The van der Waals surface area contributed by atoms with Gasteiger partial charge in [0.2, 0.25) is 5.91 Å². The van der Waals surface area contributed by atoms with Crippen LogP contribution in [0.25, 0.3) is 22.3 Å². The van der Waals surface area contributed by atoms with Crippen molar-refractivity contribution in [3.8, 4) is 22.3 Å². The number of hydrogen-bond donors (Lipinski definition) is 4. The first-order valence-corrected chi connectivity index (χ1v) is 13.6. The molecule has 3 aromatic rings. The molecule has 0 saturated carbocycles. The van der Waals surface area contributed by atoms with Crippen LogP contribution >= 0.6 is 7.60 Å². The maximum absolute atomic E-state index is 13.3. The number of rotatable bonds is 7. The first-order chi connectivity index (χ1) is 18.1. The Balaban J connectivity index is 1.58. The largest absolute Gasteiger partial charge is 0.465 e. The van der Waals surface area contributed by atoms with Gasteiger partial charge in [0.05, 0.1) is 6.16 Å². The quantitative estimate of drug-likeness (QED) is 0.334. The van der Waals surface area contributed by atoms with Crippen molar-refractivity contribution in [3.05, 3.63) is 78.6 Å². The molecule has 1 fully saturated rings. The van der Waals surface area contributed by atoms with Crippen molar-refractivity contribution >= 4 is 25.5 Å². The minimum atomic E-state index is -4.70. The highest BCUT2D eigenvalue weighted by Crippen LogP contribution is 2.35. The molecule has 0 bridgehead atoms. The van der Waals surface area contributed by atoms with Crippen molar-refractivity contribution in [2.75, 3.05) is 32.3 Å². The van der Waals surface area contributed by atoms with Crippen LogP contribution in [0.15, 0.2) is 72.9 Å². The van der Waals surface area contributed by atoms with E-state index in [1.165, 1.54) is 11.1 Å². The van der Waals surface area contributed by atoms with Crippen LogP contribution < -0.4 is 5.32 Å². The van der Waals surface area contributed by atoms with Gasteiger partial charge in [-0.15, -0.1) is 0 Å². The Bertz CT molecular complexity index is 1370. The molecule has 4 N–H and O–H groups in total. The monoisotopic (exact) mass is 538 g/mol. The van der Waals surface area contributed by atoms with Crippen LogP contribution in [0.5, 0.6) is 0 Å². The third-order valence-electron chi connectivity index (χ3n) is 6.19. The van der Waals surface area contributed by atoms with E-state index >= 15 is 0 Å². The summed E-state index contributed by atoms with van der Waals surface area (Å²) in [7, 11) is -4.70. The molecule has 11 nitrogen and oxygen atoms in total. The molecule has 4 rings (SSSR count). The number of carbonyl (C=O) groups excluding carboxylic acids is 2. The number of benzene rings is 2. The Hall–Kier alpha value is -4.05. The molecule has 1 unspecified atom stereocenters. The molecule has 1 aliphatic heterocycles. The lowest BCUT2D eigenvalue weighted by atomic mass is 9.98. The van der Waals surface area contributed by atoms with Crippen molar-refractivity contribution in [1.82, 2.24) is 20.1 Å². The Morgan fingerprint density at radius 1 is 0.868 bits per heavy atom. The van der Waals surface area contributed by atoms with Gasteiger partial charge in [-0.2, -0.15) is 0 Å². The highest BCUT2D eigenvalue weighted by molar-refractivity contribution is 7.51. The number of nitrogens with zero attached hydrogens (tertiary/aromatic N) is 3. The van der Waals surface area contributed by atoms with Crippen molar-refractivity contribution in [1.29, 1.82) is 0 Å². The summed E-state index contributed by atoms with van der Waals surface area (Å²) in [6.45, 7) is 0.194. The molecule has 2 heterocycles. The lowest BCUT2D eigenvalue weighted by molar-refractivity contribution is -0.134. The van der Waals surface area contributed by atoms with Crippen molar-refractivity contribution in [3.63, 3.8) is 0 Å². The fraction of sp³-hybridized carbons (Fsp3) is 0.231. The molecule has 3 amide bonds.